The zero-order valence-corrected chi connectivity index (χ0v) is 25.6. The van der Waals surface area contributed by atoms with Crippen molar-refractivity contribution in [3.8, 4) is 11.5 Å². The van der Waals surface area contributed by atoms with Crippen molar-refractivity contribution in [1.29, 1.82) is 0 Å². The Labute approximate surface area is 239 Å². The second-order valence-electron chi connectivity index (χ2n) is 8.69. The molecule has 0 radical (unpaired) electrons. The molecule has 0 heterocycles. The van der Waals surface area contributed by atoms with Gasteiger partial charge >= 0.3 is 22.3 Å². The normalized spacial score (nSPS) is 12.4. The Balaban J connectivity index is 1.72. The number of nitrogens with zero attached hydrogens (tertiary/aromatic N) is 3. The van der Waals surface area contributed by atoms with Crippen LogP contribution in [0.5, 0.6) is 11.5 Å². The van der Waals surface area contributed by atoms with Crippen LogP contribution in [-0.4, -0.2) is 81.2 Å². The number of rotatable bonds is 17. The highest BCUT2D eigenvalue weighted by atomic mass is 32.4. The zero-order chi connectivity index (χ0) is 29.8. The van der Waals surface area contributed by atoms with Gasteiger partial charge in [-0.3, -0.25) is 23.3 Å². The average molecular weight is 636 g/mol. The molecule has 40 heavy (non-hydrogen) atoms. The molecule has 0 bridgehead atoms. The maximum atomic E-state index is 12.1. The lowest BCUT2D eigenvalue weighted by Crippen LogP contribution is -2.30. The minimum atomic E-state index is -4.50. The molecule has 1 atom stereocenters. The first-order valence-electron chi connectivity index (χ1n) is 12.0. The number of methoxy groups -OCH3 is 1. The van der Waals surface area contributed by atoms with Crippen molar-refractivity contribution in [2.75, 3.05) is 39.8 Å². The van der Waals surface area contributed by atoms with E-state index in [1.54, 1.807) is 37.3 Å². The van der Waals surface area contributed by atoms with Gasteiger partial charge in [0.15, 0.2) is 5.75 Å². The summed E-state index contributed by atoms with van der Waals surface area (Å²) in [7, 11) is -7.09. The first-order valence-corrected chi connectivity index (χ1v) is 17.8. The van der Waals surface area contributed by atoms with Gasteiger partial charge in [0, 0.05) is 13.0 Å². The highest BCUT2D eigenvalue weighted by Gasteiger charge is 2.25. The Bertz CT molecular complexity index is 1210. The molecule has 2 rings (SSSR count). The lowest BCUT2D eigenvalue weighted by molar-refractivity contribution is -0.121. The van der Waals surface area contributed by atoms with Gasteiger partial charge in [0.2, 0.25) is 17.7 Å². The fourth-order valence-corrected chi connectivity index (χ4v) is 5.98. The van der Waals surface area contributed by atoms with Gasteiger partial charge in [-0.1, -0.05) is 16.9 Å². The van der Waals surface area contributed by atoms with E-state index in [1.807, 2.05) is 36.4 Å². The molecule has 0 aromatic heterocycles. The minimum Gasteiger partial charge on any atom is -0.497 e. The van der Waals surface area contributed by atoms with E-state index >= 15 is 0 Å². The maximum absolute atomic E-state index is 12.1. The summed E-state index contributed by atoms with van der Waals surface area (Å²) in [5.41, 5.74) is 1.85. The molecule has 0 saturated carbocycles. The number of amides is 1. The van der Waals surface area contributed by atoms with Crippen LogP contribution in [0.25, 0.3) is 0 Å². The second-order valence-corrected chi connectivity index (χ2v) is 14.1. The molecule has 2 aromatic carbocycles. The number of ether oxygens (including phenoxy) is 1. The molecular weight excluding hydrogens is 601 g/mol. The third-order valence-electron chi connectivity index (χ3n) is 5.22. The Morgan fingerprint density at radius 3 is 2.15 bits per heavy atom. The third-order valence-corrected chi connectivity index (χ3v) is 8.63. The van der Waals surface area contributed by atoms with Crippen molar-refractivity contribution in [3.63, 3.8) is 0 Å². The van der Waals surface area contributed by atoms with Crippen LogP contribution in [0.2, 0.25) is 0 Å². The molecule has 0 fully saturated rings. The van der Waals surface area contributed by atoms with Crippen molar-refractivity contribution in [3.05, 3.63) is 59.7 Å². The van der Waals surface area contributed by atoms with Crippen molar-refractivity contribution in [2.24, 2.45) is 5.10 Å². The summed E-state index contributed by atoms with van der Waals surface area (Å²) in [5.74, 6) is 1.08. The molecule has 2 aromatic rings. The number of nitrogens with one attached hydrogen (secondary N) is 1. The molecule has 0 aliphatic carbocycles. The van der Waals surface area contributed by atoms with Gasteiger partial charge in [0.05, 0.1) is 20.4 Å². The van der Waals surface area contributed by atoms with Crippen LogP contribution in [0.4, 0.5) is 0 Å². The average Bonchev–Trinajstić information content (AvgIpc) is 2.86. The van der Waals surface area contributed by atoms with Crippen LogP contribution in [0.3, 0.4) is 0 Å². The van der Waals surface area contributed by atoms with E-state index in [9.17, 15) is 13.9 Å². The summed E-state index contributed by atoms with van der Waals surface area (Å²) in [6, 6.07) is 14.7. The van der Waals surface area contributed by atoms with Crippen molar-refractivity contribution in [2.45, 2.75) is 19.3 Å². The highest BCUT2D eigenvalue weighted by Crippen LogP contribution is 2.40. The van der Waals surface area contributed by atoms with Gasteiger partial charge < -0.3 is 29.6 Å². The van der Waals surface area contributed by atoms with Crippen LogP contribution < -0.4 is 14.6 Å². The summed E-state index contributed by atoms with van der Waals surface area (Å²) in [6.45, 7) is 0.322. The largest absolute Gasteiger partial charge is 0.540 e. The summed E-state index contributed by atoms with van der Waals surface area (Å²) < 4.78 is 34.9. The molecule has 13 nitrogen and oxygen atoms in total. The fraction of sp³-hybridized carbons (Fsp3) is 0.391. The molecule has 0 aliphatic rings. The number of hydrogen-bond donors (Lipinski definition) is 5. The topological polar surface area (TPSA) is 181 Å². The smallest absolute Gasteiger partial charge is 0.497 e. The molecule has 220 valence electrons. The van der Waals surface area contributed by atoms with Gasteiger partial charge in [-0.2, -0.15) is 0 Å². The molecule has 17 heteroatoms. The Kier molecular flexibility index (Phi) is 13.8. The molecule has 5 N–H and O–H groups in total. The van der Waals surface area contributed by atoms with Crippen LogP contribution in [0.1, 0.15) is 24.0 Å². The first-order chi connectivity index (χ1) is 18.7. The maximum Gasteiger partial charge on any atom is 0.540 e. The Hall–Kier alpha value is -2.24. The Morgan fingerprint density at radius 2 is 1.60 bits per heavy atom. The molecular formula is C23H34N4O9P3S+. The van der Waals surface area contributed by atoms with E-state index < -0.39 is 34.8 Å². The quantitative estimate of drug-likeness (QED) is 0.0976. The summed E-state index contributed by atoms with van der Waals surface area (Å²) in [6.07, 6.45) is 0.884. The molecule has 0 spiro atoms. The van der Waals surface area contributed by atoms with Gasteiger partial charge in [0.25, 0.3) is 0 Å². The van der Waals surface area contributed by atoms with Gasteiger partial charge in [-0.25, -0.2) is 0 Å². The minimum absolute atomic E-state index is 0.0432. The monoisotopic (exact) mass is 635 g/mol. The number of benzene rings is 2. The lowest BCUT2D eigenvalue weighted by Gasteiger charge is -2.22. The lowest BCUT2D eigenvalue weighted by atomic mass is 10.1. The third kappa shape index (κ3) is 14.4. The molecule has 1 amide bonds. The SMILES string of the molecule is COc1ccc(C=NN(C)[P+](=S)Oc2ccc(CCNC(=O)CCCN(CP(=O)(O)O)CP(=O)(O)O)cc2)cc1. The molecule has 0 saturated heterocycles. The molecule has 0 aliphatic heterocycles. The van der Waals surface area contributed by atoms with E-state index in [1.165, 1.54) is 0 Å². The zero-order valence-electron chi connectivity index (χ0n) is 22.1. The van der Waals surface area contributed by atoms with Crippen molar-refractivity contribution in [1.82, 2.24) is 15.0 Å². The first kappa shape index (κ1) is 34.0. The summed E-state index contributed by atoms with van der Waals surface area (Å²) >= 11 is 5.44. The predicted molar refractivity (Wildman–Crippen MR) is 156 cm³/mol. The van der Waals surface area contributed by atoms with Gasteiger partial charge in [-0.15, -0.1) is 5.10 Å². The standard InChI is InChI=1S/C23H33N4O9P3S/c1-26(25-16-20-7-9-21(35-2)10-8-20)37(40)36-22-11-5-19(6-12-22)13-14-24-23(28)4-3-15-27(17-38(29,30)31)18-39(32,33)34/h5-12,16H,3-4,13-15,17-18H2,1-2H3,(H4-,24,28,29,30,31,32,33,34)/p+1. The van der Waals surface area contributed by atoms with E-state index in [0.717, 1.165) is 21.8 Å². The predicted octanol–water partition coefficient (Wildman–Crippen LogP) is 2.83. The van der Waals surface area contributed by atoms with Crippen LogP contribution in [0.15, 0.2) is 53.6 Å². The van der Waals surface area contributed by atoms with Gasteiger partial charge in [0.1, 0.15) is 18.3 Å². The number of carbonyl (C=O) groups excluding carboxylic acids is 1. The van der Waals surface area contributed by atoms with Crippen molar-refractivity contribution < 1.29 is 42.8 Å². The van der Waals surface area contributed by atoms with Crippen LogP contribution >= 0.6 is 22.3 Å². The Morgan fingerprint density at radius 1 is 1.02 bits per heavy atom. The number of hydrazone groups is 1. The summed E-state index contributed by atoms with van der Waals surface area (Å²) in [5, 5.41) is 7.10. The van der Waals surface area contributed by atoms with Gasteiger partial charge in [-0.05, 0) is 66.9 Å². The van der Waals surface area contributed by atoms with E-state index in [4.69, 9.17) is 40.6 Å². The number of hydrogen-bond acceptors (Lipinski definition) is 8. The van der Waals surface area contributed by atoms with E-state index in [0.29, 0.717) is 18.7 Å². The molecule has 1 unspecified atom stereocenters. The van der Waals surface area contributed by atoms with Crippen molar-refractivity contribution >= 4 is 46.2 Å². The van der Waals surface area contributed by atoms with Crippen LogP contribution in [0, 0.1) is 0 Å². The van der Waals surface area contributed by atoms with E-state index in [2.05, 4.69) is 10.4 Å². The van der Waals surface area contributed by atoms with E-state index in [-0.39, 0.29) is 25.3 Å². The second kappa shape index (κ2) is 16.3. The fourth-order valence-electron chi connectivity index (χ4n) is 3.35. The summed E-state index contributed by atoms with van der Waals surface area (Å²) in [4.78, 5) is 49.4. The van der Waals surface area contributed by atoms with Crippen LogP contribution in [-0.2, 0) is 32.2 Å². The highest BCUT2D eigenvalue weighted by molar-refractivity contribution is 8.02. The number of carbonyl (C=O) groups is 1.